The van der Waals surface area contributed by atoms with Gasteiger partial charge in [-0.2, -0.15) is 0 Å². The molecule has 0 spiro atoms. The van der Waals surface area contributed by atoms with Gasteiger partial charge in [0.2, 0.25) is 5.91 Å². The molecule has 28 heavy (non-hydrogen) atoms. The number of amides is 1. The van der Waals surface area contributed by atoms with Crippen LogP contribution >= 0.6 is 11.8 Å². The third-order valence-corrected chi connectivity index (χ3v) is 5.44. The Labute approximate surface area is 168 Å². The van der Waals surface area contributed by atoms with Gasteiger partial charge in [-0.15, -0.1) is 11.8 Å². The van der Waals surface area contributed by atoms with Gasteiger partial charge in [-0.3, -0.25) is 9.78 Å². The van der Waals surface area contributed by atoms with Gasteiger partial charge in [-0.05, 0) is 46.7 Å². The highest BCUT2D eigenvalue weighted by atomic mass is 32.2. The van der Waals surface area contributed by atoms with E-state index in [1.54, 1.807) is 30.4 Å². The van der Waals surface area contributed by atoms with Crippen LogP contribution in [0.15, 0.2) is 94.7 Å². The van der Waals surface area contributed by atoms with E-state index >= 15 is 0 Å². The van der Waals surface area contributed by atoms with E-state index in [4.69, 9.17) is 4.42 Å². The smallest absolute Gasteiger partial charge is 0.233 e. The molecular formula is C23H20N2O2S. The highest BCUT2D eigenvalue weighted by Crippen LogP contribution is 2.24. The predicted octanol–water partition coefficient (Wildman–Crippen LogP) is 5.15. The first kappa shape index (κ1) is 18.3. The Morgan fingerprint density at radius 3 is 2.64 bits per heavy atom. The maximum Gasteiger partial charge on any atom is 0.233 e. The number of hydrogen-bond donors (Lipinski definition) is 0. The number of pyridine rings is 1. The minimum atomic E-state index is 0.0680. The zero-order valence-corrected chi connectivity index (χ0v) is 16.1. The van der Waals surface area contributed by atoms with E-state index in [9.17, 15) is 4.79 Å². The van der Waals surface area contributed by atoms with Crippen molar-refractivity contribution in [3.8, 4) is 0 Å². The first-order valence-corrected chi connectivity index (χ1v) is 10.1. The number of benzene rings is 2. The molecule has 4 rings (SSSR count). The topological polar surface area (TPSA) is 46.3 Å². The molecule has 4 nitrogen and oxygen atoms in total. The zero-order chi connectivity index (χ0) is 19.2. The Morgan fingerprint density at radius 2 is 1.86 bits per heavy atom. The number of nitrogens with zero attached hydrogens (tertiary/aromatic N) is 2. The van der Waals surface area contributed by atoms with Gasteiger partial charge in [0, 0.05) is 23.8 Å². The average Bonchev–Trinajstić information content (AvgIpc) is 3.25. The molecule has 0 saturated heterocycles. The van der Waals surface area contributed by atoms with Crippen LogP contribution in [0, 0.1) is 0 Å². The number of rotatable bonds is 7. The van der Waals surface area contributed by atoms with Crippen molar-refractivity contribution >= 4 is 28.4 Å². The molecule has 0 saturated carbocycles. The summed E-state index contributed by atoms with van der Waals surface area (Å²) < 4.78 is 5.45. The van der Waals surface area contributed by atoms with Crippen LogP contribution in [0.5, 0.6) is 0 Å². The van der Waals surface area contributed by atoms with E-state index in [0.29, 0.717) is 18.8 Å². The third-order valence-electron chi connectivity index (χ3n) is 4.46. The average molecular weight is 388 g/mol. The molecule has 2 heterocycles. The first-order chi connectivity index (χ1) is 13.8. The van der Waals surface area contributed by atoms with Crippen molar-refractivity contribution in [2.24, 2.45) is 0 Å². The fourth-order valence-electron chi connectivity index (χ4n) is 3.03. The third kappa shape index (κ3) is 4.61. The largest absolute Gasteiger partial charge is 0.467 e. The van der Waals surface area contributed by atoms with Crippen molar-refractivity contribution in [3.05, 3.63) is 96.7 Å². The van der Waals surface area contributed by atoms with Crippen LogP contribution in [0.4, 0.5) is 0 Å². The molecule has 0 N–H and O–H groups in total. The molecule has 0 radical (unpaired) electrons. The molecule has 4 aromatic rings. The van der Waals surface area contributed by atoms with Crippen molar-refractivity contribution in [2.75, 3.05) is 5.75 Å². The van der Waals surface area contributed by atoms with Gasteiger partial charge in [-0.1, -0.05) is 36.4 Å². The molecule has 0 atom stereocenters. The van der Waals surface area contributed by atoms with Crippen LogP contribution in [-0.2, 0) is 17.9 Å². The Kier molecular flexibility index (Phi) is 5.73. The van der Waals surface area contributed by atoms with Gasteiger partial charge >= 0.3 is 0 Å². The summed E-state index contributed by atoms with van der Waals surface area (Å²) in [7, 11) is 0. The highest BCUT2D eigenvalue weighted by molar-refractivity contribution is 8.00. The molecule has 2 aromatic carbocycles. The Balaban J connectivity index is 1.46. The summed E-state index contributed by atoms with van der Waals surface area (Å²) in [6.45, 7) is 0.949. The van der Waals surface area contributed by atoms with Gasteiger partial charge in [0.15, 0.2) is 0 Å². The SMILES string of the molecule is O=C(CSc1ccc2ccccc2c1)N(Cc1cccnc1)Cc1ccco1. The minimum Gasteiger partial charge on any atom is -0.467 e. The molecule has 5 heteroatoms. The zero-order valence-electron chi connectivity index (χ0n) is 15.3. The van der Waals surface area contributed by atoms with Crippen molar-refractivity contribution in [3.63, 3.8) is 0 Å². The second-order valence-corrected chi connectivity index (χ2v) is 7.54. The summed E-state index contributed by atoms with van der Waals surface area (Å²) in [6.07, 6.45) is 5.16. The second kappa shape index (κ2) is 8.76. The van der Waals surface area contributed by atoms with E-state index < -0.39 is 0 Å². The number of fused-ring (bicyclic) bond motifs is 1. The van der Waals surface area contributed by atoms with Crippen molar-refractivity contribution in [1.29, 1.82) is 0 Å². The lowest BCUT2D eigenvalue weighted by molar-refractivity contribution is -0.129. The standard InChI is InChI=1S/C23H20N2O2S/c26-23(17-28-22-10-9-19-6-1-2-7-20(19)13-22)25(16-21-8-4-12-27-21)15-18-5-3-11-24-14-18/h1-14H,15-17H2. The number of hydrogen-bond acceptors (Lipinski definition) is 4. The van der Waals surface area contributed by atoms with Crippen LogP contribution in [0.1, 0.15) is 11.3 Å². The molecule has 0 aliphatic heterocycles. The molecule has 0 aliphatic carbocycles. The van der Waals surface area contributed by atoms with E-state index in [0.717, 1.165) is 16.2 Å². The lowest BCUT2D eigenvalue weighted by atomic mass is 10.1. The maximum atomic E-state index is 13.0. The summed E-state index contributed by atoms with van der Waals surface area (Å²) in [5.41, 5.74) is 0.998. The summed E-state index contributed by atoms with van der Waals surface area (Å²) in [5.74, 6) is 1.21. The Hall–Kier alpha value is -3.05. The highest BCUT2D eigenvalue weighted by Gasteiger charge is 2.16. The van der Waals surface area contributed by atoms with Crippen LogP contribution in [0.25, 0.3) is 10.8 Å². The Morgan fingerprint density at radius 1 is 0.964 bits per heavy atom. The Bertz CT molecular complexity index is 1050. The predicted molar refractivity (Wildman–Crippen MR) is 112 cm³/mol. The number of carbonyl (C=O) groups excluding carboxylic acids is 1. The minimum absolute atomic E-state index is 0.0680. The fraction of sp³-hybridized carbons (Fsp3) is 0.130. The number of aromatic nitrogens is 1. The monoisotopic (exact) mass is 388 g/mol. The maximum absolute atomic E-state index is 13.0. The molecule has 0 fully saturated rings. The van der Waals surface area contributed by atoms with E-state index in [-0.39, 0.29) is 5.91 Å². The van der Waals surface area contributed by atoms with Crippen molar-refractivity contribution in [1.82, 2.24) is 9.88 Å². The molecule has 0 aliphatic rings. The number of furan rings is 1. The summed E-state index contributed by atoms with van der Waals surface area (Å²) >= 11 is 1.56. The summed E-state index contributed by atoms with van der Waals surface area (Å²) in [5, 5.41) is 2.39. The summed E-state index contributed by atoms with van der Waals surface area (Å²) in [6, 6.07) is 22.1. The number of carbonyl (C=O) groups is 1. The van der Waals surface area contributed by atoms with Crippen LogP contribution < -0.4 is 0 Å². The van der Waals surface area contributed by atoms with Gasteiger partial charge in [0.1, 0.15) is 5.76 Å². The summed E-state index contributed by atoms with van der Waals surface area (Å²) in [4.78, 5) is 20.0. The van der Waals surface area contributed by atoms with Crippen LogP contribution in [0.2, 0.25) is 0 Å². The van der Waals surface area contributed by atoms with E-state index in [1.165, 1.54) is 10.8 Å². The molecule has 0 bridgehead atoms. The first-order valence-electron chi connectivity index (χ1n) is 9.08. The fourth-order valence-corrected chi connectivity index (χ4v) is 3.88. The molecule has 2 aromatic heterocycles. The van der Waals surface area contributed by atoms with Gasteiger partial charge in [-0.25, -0.2) is 0 Å². The molecule has 140 valence electrons. The quantitative estimate of drug-likeness (QED) is 0.411. The molecular weight excluding hydrogens is 368 g/mol. The van der Waals surface area contributed by atoms with Gasteiger partial charge in [0.25, 0.3) is 0 Å². The van der Waals surface area contributed by atoms with Crippen LogP contribution in [0.3, 0.4) is 0 Å². The van der Waals surface area contributed by atoms with Gasteiger partial charge < -0.3 is 9.32 Å². The van der Waals surface area contributed by atoms with E-state index in [2.05, 4.69) is 35.3 Å². The number of thioether (sulfide) groups is 1. The normalized spacial score (nSPS) is 10.9. The molecule has 1 amide bonds. The van der Waals surface area contributed by atoms with Crippen molar-refractivity contribution in [2.45, 2.75) is 18.0 Å². The molecule has 0 unspecified atom stereocenters. The van der Waals surface area contributed by atoms with Crippen LogP contribution in [-0.4, -0.2) is 21.5 Å². The van der Waals surface area contributed by atoms with E-state index in [1.807, 2.05) is 41.3 Å². The van der Waals surface area contributed by atoms with Gasteiger partial charge in [0.05, 0.1) is 18.6 Å². The second-order valence-electron chi connectivity index (χ2n) is 6.49. The van der Waals surface area contributed by atoms with Crippen molar-refractivity contribution < 1.29 is 9.21 Å². The lowest BCUT2D eigenvalue weighted by Crippen LogP contribution is -2.31. The lowest BCUT2D eigenvalue weighted by Gasteiger charge is -2.21.